The molecule has 0 atom stereocenters. The van der Waals surface area contributed by atoms with Crippen molar-refractivity contribution < 1.29 is 0 Å². The van der Waals surface area contributed by atoms with Gasteiger partial charge in [-0.25, -0.2) is 15.0 Å². The summed E-state index contributed by atoms with van der Waals surface area (Å²) < 4.78 is 3.37. The second kappa shape index (κ2) is 16.1. The molecule has 0 bridgehead atoms. The fraction of sp³-hybridized carbons (Fsp3) is 0. The highest BCUT2D eigenvalue weighted by atomic mass is 32.1. The molecule has 6 heteroatoms. The first-order valence-electron chi connectivity index (χ1n) is 22.5. The van der Waals surface area contributed by atoms with Crippen molar-refractivity contribution in [3.05, 3.63) is 237 Å². The Morgan fingerprint density at radius 2 is 0.955 bits per heavy atom. The number of anilines is 3. The fourth-order valence-corrected chi connectivity index (χ4v) is 10.6. The highest BCUT2D eigenvalue weighted by molar-refractivity contribution is 7.21. The van der Waals surface area contributed by atoms with Crippen LogP contribution in [0.5, 0.6) is 0 Å². The maximum atomic E-state index is 5.49. The predicted molar refractivity (Wildman–Crippen MR) is 281 cm³/mol. The van der Waals surface area contributed by atoms with Gasteiger partial charge in [0.15, 0.2) is 0 Å². The van der Waals surface area contributed by atoms with Crippen molar-refractivity contribution in [1.29, 1.82) is 0 Å². The Kier molecular flexibility index (Phi) is 9.29. The quantitative estimate of drug-likeness (QED) is 0.153. The Bertz CT molecular complexity index is 3910. The lowest BCUT2D eigenvalue weighted by Gasteiger charge is -2.25. The summed E-state index contributed by atoms with van der Waals surface area (Å²) >= 11 is 1.73. The highest BCUT2D eigenvalue weighted by Crippen LogP contribution is 2.42. The van der Waals surface area contributed by atoms with E-state index in [1.165, 1.54) is 21.9 Å². The lowest BCUT2D eigenvalue weighted by molar-refractivity contribution is 1.01. The van der Waals surface area contributed by atoms with Crippen molar-refractivity contribution in [3.63, 3.8) is 0 Å². The summed E-state index contributed by atoms with van der Waals surface area (Å²) in [6, 6.07) is 83.9. The molecule has 5 nitrogen and oxygen atoms in total. The van der Waals surface area contributed by atoms with E-state index in [0.29, 0.717) is 5.95 Å². The van der Waals surface area contributed by atoms with E-state index in [-0.39, 0.29) is 0 Å². The summed E-state index contributed by atoms with van der Waals surface area (Å²) in [5.41, 5.74) is 14.8. The van der Waals surface area contributed by atoms with Gasteiger partial charge in [-0.1, -0.05) is 170 Å². The van der Waals surface area contributed by atoms with Gasteiger partial charge in [0.05, 0.1) is 32.5 Å². The molecule has 0 spiro atoms. The van der Waals surface area contributed by atoms with Gasteiger partial charge in [0, 0.05) is 44.3 Å². The first kappa shape index (κ1) is 38.7. The lowest BCUT2D eigenvalue weighted by Crippen LogP contribution is -2.09. The average Bonchev–Trinajstić information content (AvgIpc) is 3.97. The molecule has 13 rings (SSSR count). The Hall–Kier alpha value is -8.71. The fourth-order valence-electron chi connectivity index (χ4n) is 9.61. The molecule has 67 heavy (non-hydrogen) atoms. The van der Waals surface area contributed by atoms with Gasteiger partial charge < -0.3 is 4.90 Å². The molecule has 10 aromatic carbocycles. The van der Waals surface area contributed by atoms with Crippen LogP contribution in [0.3, 0.4) is 0 Å². The zero-order valence-corrected chi connectivity index (χ0v) is 37.0. The minimum absolute atomic E-state index is 0.615. The van der Waals surface area contributed by atoms with Gasteiger partial charge in [0.25, 0.3) is 0 Å². The number of para-hydroxylation sites is 3. The standard InChI is InChI=1S/C61H39N5S/c1-4-16-44(17-5-1)60-62-55-39-57-53(38-58(55)67-60)52-37-45(40-31-34-48(35-32-40)65(46-19-6-2-7-20-46)47-21-8-3-9-22-47)33-36-56(52)66(57)61-63-54-26-13-12-24-51(54)59(64-61)43-29-27-42(28-30-43)50-25-14-18-41-15-10-11-23-49(41)50/h1-39H. The van der Waals surface area contributed by atoms with Crippen LogP contribution in [0.2, 0.25) is 0 Å². The van der Waals surface area contributed by atoms with Crippen molar-refractivity contribution >= 4 is 82.1 Å². The van der Waals surface area contributed by atoms with Crippen LogP contribution in [0.15, 0.2) is 237 Å². The third-order valence-corrected chi connectivity index (χ3v) is 13.9. The number of benzene rings is 10. The van der Waals surface area contributed by atoms with Gasteiger partial charge in [0.1, 0.15) is 5.01 Å². The molecule has 3 aromatic heterocycles. The maximum absolute atomic E-state index is 5.49. The van der Waals surface area contributed by atoms with E-state index in [4.69, 9.17) is 15.0 Å². The van der Waals surface area contributed by atoms with Crippen LogP contribution >= 0.6 is 11.3 Å². The third kappa shape index (κ3) is 6.82. The first-order valence-corrected chi connectivity index (χ1v) is 23.3. The Labute approximate surface area is 391 Å². The third-order valence-electron chi connectivity index (χ3n) is 12.8. The monoisotopic (exact) mass is 873 g/mol. The van der Waals surface area contributed by atoms with E-state index in [9.17, 15) is 0 Å². The molecule has 13 aromatic rings. The SMILES string of the molecule is c1ccc(-c2nc3cc4c(cc3s2)c2cc(-c3ccc(N(c5ccccc5)c5ccccc5)cc3)ccc2n4-c2nc(-c3ccc(-c4cccc5ccccc45)cc3)c3ccccc3n2)cc1. The van der Waals surface area contributed by atoms with Crippen molar-refractivity contribution in [1.82, 2.24) is 19.5 Å². The molecule has 314 valence electrons. The van der Waals surface area contributed by atoms with Crippen LogP contribution in [0, 0.1) is 0 Å². The van der Waals surface area contributed by atoms with E-state index in [1.54, 1.807) is 11.3 Å². The smallest absolute Gasteiger partial charge is 0.235 e. The summed E-state index contributed by atoms with van der Waals surface area (Å²) in [7, 11) is 0. The minimum atomic E-state index is 0.615. The molecule has 0 N–H and O–H groups in total. The number of thiazole rings is 1. The summed E-state index contributed by atoms with van der Waals surface area (Å²) in [5.74, 6) is 0.615. The maximum Gasteiger partial charge on any atom is 0.235 e. The summed E-state index contributed by atoms with van der Waals surface area (Å²) in [6.45, 7) is 0. The van der Waals surface area contributed by atoms with Crippen molar-refractivity contribution in [3.8, 4) is 50.0 Å². The second-order valence-corrected chi connectivity index (χ2v) is 17.9. The van der Waals surface area contributed by atoms with E-state index < -0.39 is 0 Å². The molecule has 0 aliphatic rings. The zero-order valence-electron chi connectivity index (χ0n) is 36.2. The van der Waals surface area contributed by atoms with E-state index in [0.717, 1.165) is 92.9 Å². The predicted octanol–water partition coefficient (Wildman–Crippen LogP) is 16.6. The van der Waals surface area contributed by atoms with E-state index in [2.05, 4.69) is 240 Å². The van der Waals surface area contributed by atoms with E-state index >= 15 is 0 Å². The number of rotatable bonds is 8. The van der Waals surface area contributed by atoms with Crippen LogP contribution in [-0.4, -0.2) is 19.5 Å². The summed E-state index contributed by atoms with van der Waals surface area (Å²) in [6.07, 6.45) is 0. The number of hydrogen-bond donors (Lipinski definition) is 0. The molecule has 0 fully saturated rings. The van der Waals surface area contributed by atoms with Gasteiger partial charge in [-0.05, 0) is 99.8 Å². The number of hydrogen-bond acceptors (Lipinski definition) is 5. The van der Waals surface area contributed by atoms with Crippen LogP contribution in [0.4, 0.5) is 17.1 Å². The zero-order chi connectivity index (χ0) is 44.3. The molecule has 3 heterocycles. The van der Waals surface area contributed by atoms with Gasteiger partial charge in [-0.3, -0.25) is 4.57 Å². The Morgan fingerprint density at radius 1 is 0.358 bits per heavy atom. The van der Waals surface area contributed by atoms with Crippen LogP contribution < -0.4 is 4.90 Å². The lowest BCUT2D eigenvalue weighted by atomic mass is 9.96. The van der Waals surface area contributed by atoms with Gasteiger partial charge in [0.2, 0.25) is 5.95 Å². The van der Waals surface area contributed by atoms with Crippen LogP contribution in [0.1, 0.15) is 0 Å². The Balaban J connectivity index is 0.969. The minimum Gasteiger partial charge on any atom is -0.311 e. The van der Waals surface area contributed by atoms with Gasteiger partial charge in [-0.2, -0.15) is 0 Å². The highest BCUT2D eigenvalue weighted by Gasteiger charge is 2.21. The molecule has 0 amide bonds. The van der Waals surface area contributed by atoms with Crippen molar-refractivity contribution in [2.24, 2.45) is 0 Å². The van der Waals surface area contributed by atoms with Crippen LogP contribution in [0.25, 0.3) is 104 Å². The molecule has 0 aliphatic heterocycles. The topological polar surface area (TPSA) is 46.8 Å². The number of nitrogens with zero attached hydrogens (tertiary/aromatic N) is 5. The second-order valence-electron chi connectivity index (χ2n) is 16.8. The van der Waals surface area contributed by atoms with Gasteiger partial charge >= 0.3 is 0 Å². The average molecular weight is 874 g/mol. The first-order chi connectivity index (χ1) is 33.2. The molecule has 0 unspecified atom stereocenters. The molecular formula is C61H39N5S. The summed E-state index contributed by atoms with van der Waals surface area (Å²) in [5, 5.41) is 6.72. The van der Waals surface area contributed by atoms with Crippen molar-refractivity contribution in [2.75, 3.05) is 4.90 Å². The van der Waals surface area contributed by atoms with E-state index in [1.807, 2.05) is 6.07 Å². The summed E-state index contributed by atoms with van der Waals surface area (Å²) in [4.78, 5) is 18.3. The molecule has 0 saturated carbocycles. The Morgan fingerprint density at radius 3 is 1.72 bits per heavy atom. The van der Waals surface area contributed by atoms with Crippen LogP contribution in [-0.2, 0) is 0 Å². The molecule has 0 saturated heterocycles. The molecule has 0 radical (unpaired) electrons. The largest absolute Gasteiger partial charge is 0.311 e. The number of aromatic nitrogens is 4. The van der Waals surface area contributed by atoms with Crippen molar-refractivity contribution in [2.45, 2.75) is 0 Å². The molecular weight excluding hydrogens is 835 g/mol. The normalized spacial score (nSPS) is 11.6. The van der Waals surface area contributed by atoms with Gasteiger partial charge in [-0.15, -0.1) is 11.3 Å². The number of fused-ring (bicyclic) bond motifs is 6. The molecule has 0 aliphatic carbocycles.